The Kier molecular flexibility index (Phi) is 8.89. The summed E-state index contributed by atoms with van der Waals surface area (Å²) in [5.74, 6) is 0. The average Bonchev–Trinajstić information content (AvgIpc) is 3.92. The van der Waals surface area contributed by atoms with Crippen LogP contribution in [0.3, 0.4) is 0 Å². The molecule has 0 atom stereocenters. The number of nitrogens with zero attached hydrogens (tertiary/aromatic N) is 1. The maximum atomic E-state index is 2.63. The van der Waals surface area contributed by atoms with E-state index >= 15 is 0 Å². The fourth-order valence-corrected chi connectivity index (χ4v) is 12.5. The normalized spacial score (nSPS) is 14.8. The van der Waals surface area contributed by atoms with E-state index in [1.54, 1.807) is 0 Å². The molecule has 0 heterocycles. The first kappa shape index (κ1) is 40.3. The quantitative estimate of drug-likeness (QED) is 0.154. The highest BCUT2D eigenvalue weighted by Gasteiger charge is 2.51. The molecule has 0 unspecified atom stereocenters. The number of fused-ring (bicyclic) bond motifs is 9. The van der Waals surface area contributed by atoms with Crippen LogP contribution in [0.4, 0.5) is 17.1 Å². The fourth-order valence-electron chi connectivity index (χ4n) is 12.5. The van der Waals surface area contributed by atoms with Gasteiger partial charge in [-0.15, -0.1) is 0 Å². The summed E-state index contributed by atoms with van der Waals surface area (Å²) in [4.78, 5) is 2.63. The molecule has 3 aliphatic carbocycles. The summed E-state index contributed by atoms with van der Waals surface area (Å²) in [7, 11) is 0. The molecule has 1 nitrogen and oxygen atoms in total. The van der Waals surface area contributed by atoms with Crippen molar-refractivity contribution in [3.05, 3.63) is 281 Å². The first-order valence-corrected chi connectivity index (χ1v) is 24.1. The van der Waals surface area contributed by atoms with Gasteiger partial charge in [0.25, 0.3) is 0 Å². The Balaban J connectivity index is 1.21. The van der Waals surface area contributed by atoms with E-state index in [1.165, 1.54) is 106 Å². The molecule has 0 radical (unpaired) electrons. The van der Waals surface area contributed by atoms with Gasteiger partial charge in [-0.25, -0.2) is 0 Å². The highest BCUT2D eigenvalue weighted by molar-refractivity contribution is 6.08. The van der Waals surface area contributed by atoms with Crippen molar-refractivity contribution in [2.24, 2.45) is 0 Å². The molecule has 0 saturated heterocycles. The number of benzene rings is 10. The zero-order chi connectivity index (χ0) is 45.8. The molecule has 68 heavy (non-hydrogen) atoms. The number of hydrogen-bond acceptors (Lipinski definition) is 1. The first-order valence-electron chi connectivity index (χ1n) is 24.1. The molecule has 0 bridgehead atoms. The van der Waals surface area contributed by atoms with Crippen molar-refractivity contribution < 1.29 is 0 Å². The van der Waals surface area contributed by atoms with E-state index in [9.17, 15) is 0 Å². The Labute approximate surface area is 400 Å². The van der Waals surface area contributed by atoms with Gasteiger partial charge in [-0.2, -0.15) is 0 Å². The summed E-state index contributed by atoms with van der Waals surface area (Å²) >= 11 is 0. The molecule has 1 heteroatoms. The minimum atomic E-state index is -0.624. The van der Waals surface area contributed by atoms with Gasteiger partial charge in [-0.1, -0.05) is 234 Å². The van der Waals surface area contributed by atoms with Gasteiger partial charge in [-0.05, 0) is 119 Å². The summed E-state index contributed by atoms with van der Waals surface area (Å²) in [5, 5.41) is 0. The Bertz CT molecular complexity index is 3540. The van der Waals surface area contributed by atoms with E-state index in [0.29, 0.717) is 0 Å². The van der Waals surface area contributed by atoms with Crippen LogP contribution in [0.5, 0.6) is 0 Å². The number of anilines is 3. The van der Waals surface area contributed by atoms with E-state index in [0.717, 1.165) is 11.4 Å². The van der Waals surface area contributed by atoms with Crippen molar-refractivity contribution in [3.63, 3.8) is 0 Å². The van der Waals surface area contributed by atoms with Crippen LogP contribution in [-0.2, 0) is 16.2 Å². The first-order chi connectivity index (χ1) is 33.3. The van der Waals surface area contributed by atoms with Gasteiger partial charge in [0, 0.05) is 33.3 Å². The topological polar surface area (TPSA) is 3.24 Å². The lowest BCUT2D eigenvalue weighted by Gasteiger charge is -2.36. The van der Waals surface area contributed by atoms with Crippen LogP contribution in [0, 0.1) is 0 Å². The summed E-state index contributed by atoms with van der Waals surface area (Å²) < 4.78 is 0. The molecule has 0 aromatic heterocycles. The van der Waals surface area contributed by atoms with E-state index in [4.69, 9.17) is 0 Å². The van der Waals surface area contributed by atoms with Gasteiger partial charge < -0.3 is 4.90 Å². The summed E-state index contributed by atoms with van der Waals surface area (Å²) in [6, 6.07) is 89.0. The highest BCUT2D eigenvalue weighted by atomic mass is 15.1. The molecule has 0 spiro atoms. The fraction of sp³-hybridized carbons (Fsp3) is 0.104. The van der Waals surface area contributed by atoms with Crippen molar-refractivity contribution in [2.45, 2.75) is 43.9 Å². The van der Waals surface area contributed by atoms with Crippen LogP contribution in [0.25, 0.3) is 55.6 Å². The Hall–Kier alpha value is -8.00. The lowest BCUT2D eigenvalue weighted by molar-refractivity contribution is 0.656. The number of hydrogen-bond donors (Lipinski definition) is 0. The molecule has 3 aliphatic rings. The summed E-state index contributed by atoms with van der Waals surface area (Å²) in [5.41, 5.74) is 25.5. The smallest absolute Gasteiger partial charge is 0.0714 e. The molecule has 324 valence electrons. The standard InChI is InChI=1S/C67H51N/c1-65(2)56-31-19-17-29-52(56)53-39-38-51(42-59(53)65)68(50-36-33-46(34-37-50)44-21-9-5-10-22-44)64-62-54-30-18-20-32-57(54)66(3,4)60(62)43-61-63(64)55-41-47(45-23-11-6-12-24-45)35-40-58(55)67(61,48-25-13-7-14-26-48)49-27-15-8-16-28-49/h5-43H,1-4H3. The second-order valence-corrected chi connectivity index (χ2v) is 20.0. The molecule has 0 saturated carbocycles. The minimum Gasteiger partial charge on any atom is -0.309 e. The molecule has 0 aliphatic heterocycles. The van der Waals surface area contributed by atoms with Crippen LogP contribution in [-0.4, -0.2) is 0 Å². The van der Waals surface area contributed by atoms with E-state index in [-0.39, 0.29) is 10.8 Å². The zero-order valence-electron chi connectivity index (χ0n) is 39.0. The van der Waals surface area contributed by atoms with Crippen LogP contribution in [0.1, 0.15) is 72.2 Å². The second kappa shape index (κ2) is 15.0. The predicted octanol–water partition coefficient (Wildman–Crippen LogP) is 17.5. The van der Waals surface area contributed by atoms with Crippen LogP contribution in [0.15, 0.2) is 237 Å². The Morgan fingerprint density at radius 1 is 0.279 bits per heavy atom. The van der Waals surface area contributed by atoms with Crippen LogP contribution < -0.4 is 4.90 Å². The highest BCUT2D eigenvalue weighted by Crippen LogP contribution is 2.66. The van der Waals surface area contributed by atoms with Crippen molar-refractivity contribution in [3.8, 4) is 55.6 Å². The molecule has 10 aromatic rings. The Morgan fingerprint density at radius 3 is 1.37 bits per heavy atom. The third-order valence-electron chi connectivity index (χ3n) is 15.7. The average molecular weight is 870 g/mol. The van der Waals surface area contributed by atoms with Crippen molar-refractivity contribution >= 4 is 17.1 Å². The lowest BCUT2D eigenvalue weighted by Crippen LogP contribution is -2.29. The van der Waals surface area contributed by atoms with Crippen LogP contribution >= 0.6 is 0 Å². The van der Waals surface area contributed by atoms with Gasteiger partial charge in [-0.3, -0.25) is 0 Å². The molecular formula is C67H51N. The predicted molar refractivity (Wildman–Crippen MR) is 284 cm³/mol. The molecule has 0 fully saturated rings. The van der Waals surface area contributed by atoms with E-state index < -0.39 is 5.41 Å². The van der Waals surface area contributed by atoms with E-state index in [2.05, 4.69) is 269 Å². The Morgan fingerprint density at radius 2 is 0.735 bits per heavy atom. The number of rotatable bonds is 7. The maximum absolute atomic E-state index is 2.63. The van der Waals surface area contributed by atoms with E-state index in [1.807, 2.05) is 0 Å². The summed E-state index contributed by atoms with van der Waals surface area (Å²) in [6.45, 7) is 9.66. The molecule has 0 N–H and O–H groups in total. The SMILES string of the molecule is CC1(C)c2ccccc2-c2ccc(N(c3ccc(-c4ccccc4)cc3)c3c4c(cc5c3-c3cc(-c6ccccc6)ccc3C5(c3ccccc3)c3ccccc3)C(C)(C)c3ccccc3-4)cc21. The zero-order valence-corrected chi connectivity index (χ0v) is 39.0. The summed E-state index contributed by atoms with van der Waals surface area (Å²) in [6.07, 6.45) is 0. The lowest BCUT2D eigenvalue weighted by atomic mass is 9.66. The third kappa shape index (κ3) is 5.69. The largest absolute Gasteiger partial charge is 0.309 e. The monoisotopic (exact) mass is 869 g/mol. The van der Waals surface area contributed by atoms with Crippen molar-refractivity contribution in [2.75, 3.05) is 4.90 Å². The van der Waals surface area contributed by atoms with Crippen molar-refractivity contribution in [1.82, 2.24) is 0 Å². The maximum Gasteiger partial charge on any atom is 0.0714 e. The van der Waals surface area contributed by atoms with Crippen molar-refractivity contribution in [1.29, 1.82) is 0 Å². The van der Waals surface area contributed by atoms with Gasteiger partial charge in [0.1, 0.15) is 0 Å². The molecule has 13 rings (SSSR count). The molecule has 10 aromatic carbocycles. The molecule has 0 amide bonds. The van der Waals surface area contributed by atoms with Crippen LogP contribution in [0.2, 0.25) is 0 Å². The van der Waals surface area contributed by atoms with Gasteiger partial charge in [0.2, 0.25) is 0 Å². The van der Waals surface area contributed by atoms with Gasteiger partial charge in [0.05, 0.1) is 11.1 Å². The third-order valence-corrected chi connectivity index (χ3v) is 15.7. The van der Waals surface area contributed by atoms with Gasteiger partial charge in [0.15, 0.2) is 0 Å². The van der Waals surface area contributed by atoms with Gasteiger partial charge >= 0.3 is 0 Å². The minimum absolute atomic E-state index is 0.188. The molecular weight excluding hydrogens is 819 g/mol. The second-order valence-electron chi connectivity index (χ2n) is 20.0.